The summed E-state index contributed by atoms with van der Waals surface area (Å²) in [6, 6.07) is 11.0. The van der Waals surface area contributed by atoms with Gasteiger partial charge in [-0.05, 0) is 37.8 Å². The van der Waals surface area contributed by atoms with Gasteiger partial charge in [0.15, 0.2) is 0 Å². The highest BCUT2D eigenvalue weighted by atomic mass is 32.2. The maximum atomic E-state index is 13.7. The lowest BCUT2D eigenvalue weighted by molar-refractivity contribution is 0.138. The Bertz CT molecular complexity index is 918. The second-order valence-electron chi connectivity index (χ2n) is 6.56. The maximum Gasteiger partial charge on any atom is 0.216 e. The largest absolute Gasteiger partial charge is 0.474 e. The molecule has 0 atom stereocenters. The fourth-order valence-corrected chi connectivity index (χ4v) is 4.57. The summed E-state index contributed by atoms with van der Waals surface area (Å²) in [7, 11) is -3.61. The fraction of sp³-hybridized carbons (Fsp3) is 0.368. The van der Waals surface area contributed by atoms with Crippen LogP contribution in [0.2, 0.25) is 0 Å². The average Bonchev–Trinajstić information content (AvgIpc) is 2.65. The minimum absolute atomic E-state index is 0.0437. The summed E-state index contributed by atoms with van der Waals surface area (Å²) in [5.41, 5.74) is 0.629. The van der Waals surface area contributed by atoms with Gasteiger partial charge in [-0.2, -0.15) is 5.26 Å². The van der Waals surface area contributed by atoms with Gasteiger partial charge in [-0.3, -0.25) is 0 Å². The van der Waals surface area contributed by atoms with E-state index in [0.717, 1.165) is 0 Å². The van der Waals surface area contributed by atoms with Crippen molar-refractivity contribution in [2.24, 2.45) is 0 Å². The van der Waals surface area contributed by atoms with E-state index in [9.17, 15) is 12.8 Å². The minimum atomic E-state index is -3.61. The molecule has 142 valence electrons. The van der Waals surface area contributed by atoms with Crippen molar-refractivity contribution in [1.29, 1.82) is 5.26 Å². The van der Waals surface area contributed by atoms with E-state index in [2.05, 4.69) is 9.71 Å². The molecule has 0 aliphatic heterocycles. The number of nitrogens with zero attached hydrogens (tertiary/aromatic N) is 2. The molecule has 0 saturated heterocycles. The van der Waals surface area contributed by atoms with Crippen LogP contribution in [0.25, 0.3) is 0 Å². The summed E-state index contributed by atoms with van der Waals surface area (Å²) in [6.07, 6.45) is 4.06. The van der Waals surface area contributed by atoms with Crippen LogP contribution in [0.15, 0.2) is 42.6 Å². The predicted octanol–water partition coefficient (Wildman–Crippen LogP) is 2.90. The van der Waals surface area contributed by atoms with Crippen LogP contribution in [0.3, 0.4) is 0 Å². The molecule has 1 aliphatic carbocycles. The van der Waals surface area contributed by atoms with Crippen molar-refractivity contribution in [3.63, 3.8) is 0 Å². The third-order valence-electron chi connectivity index (χ3n) is 4.48. The van der Waals surface area contributed by atoms with Gasteiger partial charge < -0.3 is 4.74 Å². The Morgan fingerprint density at radius 3 is 2.56 bits per heavy atom. The molecule has 0 amide bonds. The maximum absolute atomic E-state index is 13.7. The molecule has 0 spiro atoms. The van der Waals surface area contributed by atoms with Gasteiger partial charge in [-0.25, -0.2) is 22.5 Å². The van der Waals surface area contributed by atoms with Crippen molar-refractivity contribution in [2.45, 2.75) is 43.6 Å². The molecule has 27 heavy (non-hydrogen) atoms. The third-order valence-corrected chi connectivity index (χ3v) is 5.86. The van der Waals surface area contributed by atoms with Crippen molar-refractivity contribution in [1.82, 2.24) is 9.71 Å². The quantitative estimate of drug-likeness (QED) is 0.820. The predicted molar refractivity (Wildman–Crippen MR) is 97.8 cm³/mol. The number of ether oxygens (including phenoxy) is 1. The van der Waals surface area contributed by atoms with Gasteiger partial charge in [-0.1, -0.05) is 18.2 Å². The Hall–Kier alpha value is -2.50. The number of hydrogen-bond donors (Lipinski definition) is 1. The van der Waals surface area contributed by atoms with Crippen LogP contribution >= 0.6 is 0 Å². The van der Waals surface area contributed by atoms with E-state index in [1.165, 1.54) is 24.4 Å². The molecular weight excluding hydrogens is 369 g/mol. The smallest absolute Gasteiger partial charge is 0.216 e. The Morgan fingerprint density at radius 1 is 1.19 bits per heavy atom. The molecule has 2 aromatic rings. The molecule has 1 aliphatic rings. The van der Waals surface area contributed by atoms with Gasteiger partial charge in [0.1, 0.15) is 18.0 Å². The first-order valence-electron chi connectivity index (χ1n) is 8.71. The Kier molecular flexibility index (Phi) is 6.04. The van der Waals surface area contributed by atoms with Crippen LogP contribution in [0, 0.1) is 17.1 Å². The Labute approximate surface area is 158 Å². The number of nitrogens with one attached hydrogen (secondary N) is 1. The van der Waals surface area contributed by atoms with Gasteiger partial charge in [-0.15, -0.1) is 0 Å². The Balaban J connectivity index is 1.50. The summed E-state index contributed by atoms with van der Waals surface area (Å²) in [6.45, 7) is 0. The second kappa shape index (κ2) is 8.46. The highest BCUT2D eigenvalue weighted by Crippen LogP contribution is 2.24. The van der Waals surface area contributed by atoms with Gasteiger partial charge in [0.25, 0.3) is 0 Å². The zero-order valence-electron chi connectivity index (χ0n) is 14.6. The van der Waals surface area contributed by atoms with Crippen LogP contribution < -0.4 is 9.46 Å². The number of halogens is 1. The average molecular weight is 389 g/mol. The molecule has 0 unspecified atom stereocenters. The minimum Gasteiger partial charge on any atom is -0.474 e. The topological polar surface area (TPSA) is 92.1 Å². The molecule has 3 rings (SSSR count). The summed E-state index contributed by atoms with van der Waals surface area (Å²) >= 11 is 0. The van der Waals surface area contributed by atoms with E-state index in [1.807, 2.05) is 6.07 Å². The summed E-state index contributed by atoms with van der Waals surface area (Å²) in [4.78, 5) is 4.09. The molecule has 1 heterocycles. The van der Waals surface area contributed by atoms with E-state index in [1.54, 1.807) is 18.2 Å². The van der Waals surface area contributed by atoms with Gasteiger partial charge in [0.05, 0.1) is 11.3 Å². The first kappa shape index (κ1) is 19.3. The molecule has 8 heteroatoms. The van der Waals surface area contributed by atoms with Crippen molar-refractivity contribution in [3.8, 4) is 11.9 Å². The molecule has 1 aromatic carbocycles. The first-order chi connectivity index (χ1) is 12.9. The lowest BCUT2D eigenvalue weighted by Gasteiger charge is -2.29. The lowest BCUT2D eigenvalue weighted by atomic mass is 9.94. The van der Waals surface area contributed by atoms with E-state index < -0.39 is 15.8 Å². The van der Waals surface area contributed by atoms with Gasteiger partial charge in [0.2, 0.25) is 15.9 Å². The normalized spacial score (nSPS) is 20.0. The lowest BCUT2D eigenvalue weighted by Crippen LogP contribution is -2.40. The SMILES string of the molecule is N#Cc1ccc(OC2CCC(NS(=O)(=O)Cc3ccccc3F)CC2)nc1. The zero-order valence-corrected chi connectivity index (χ0v) is 15.5. The monoisotopic (exact) mass is 389 g/mol. The summed E-state index contributed by atoms with van der Waals surface area (Å²) in [5.74, 6) is -0.432. The zero-order chi connectivity index (χ0) is 19.3. The van der Waals surface area contributed by atoms with Crippen LogP contribution in [0.4, 0.5) is 4.39 Å². The molecule has 1 saturated carbocycles. The van der Waals surface area contributed by atoms with Crippen molar-refractivity contribution in [2.75, 3.05) is 0 Å². The van der Waals surface area contributed by atoms with Crippen LogP contribution in [-0.4, -0.2) is 25.5 Å². The van der Waals surface area contributed by atoms with Crippen LogP contribution in [-0.2, 0) is 15.8 Å². The van der Waals surface area contributed by atoms with Gasteiger partial charge in [0, 0.05) is 23.9 Å². The van der Waals surface area contributed by atoms with E-state index in [0.29, 0.717) is 37.1 Å². The van der Waals surface area contributed by atoms with Crippen molar-refractivity contribution >= 4 is 10.0 Å². The molecule has 1 N–H and O–H groups in total. The Morgan fingerprint density at radius 2 is 1.93 bits per heavy atom. The number of benzene rings is 1. The van der Waals surface area contributed by atoms with Crippen LogP contribution in [0.1, 0.15) is 36.8 Å². The molecule has 1 fully saturated rings. The standard InChI is InChI=1S/C19H20FN3O3S/c20-18-4-2-1-3-15(18)13-27(24,25)23-16-6-8-17(9-7-16)26-19-10-5-14(11-21)12-22-19/h1-5,10,12,16-17,23H,6-9,13H2. The number of sulfonamides is 1. The number of nitriles is 1. The van der Waals surface area contributed by atoms with E-state index in [-0.39, 0.29) is 23.5 Å². The molecule has 0 bridgehead atoms. The summed E-state index contributed by atoms with van der Waals surface area (Å²) < 4.78 is 46.8. The number of pyridine rings is 1. The van der Waals surface area contributed by atoms with Crippen molar-refractivity contribution < 1.29 is 17.5 Å². The first-order valence-corrected chi connectivity index (χ1v) is 10.4. The molecule has 0 radical (unpaired) electrons. The highest BCUT2D eigenvalue weighted by Gasteiger charge is 2.26. The summed E-state index contributed by atoms with van der Waals surface area (Å²) in [5, 5.41) is 8.77. The second-order valence-corrected chi connectivity index (χ2v) is 8.31. The molecular formula is C19H20FN3O3S. The fourth-order valence-electron chi connectivity index (χ4n) is 3.10. The number of rotatable bonds is 6. The molecule has 1 aromatic heterocycles. The highest BCUT2D eigenvalue weighted by molar-refractivity contribution is 7.88. The molecule has 6 nitrogen and oxygen atoms in total. The van der Waals surface area contributed by atoms with Gasteiger partial charge >= 0.3 is 0 Å². The third kappa shape index (κ3) is 5.49. The van der Waals surface area contributed by atoms with Crippen LogP contribution in [0.5, 0.6) is 5.88 Å². The number of hydrogen-bond acceptors (Lipinski definition) is 5. The number of aromatic nitrogens is 1. The van der Waals surface area contributed by atoms with E-state index >= 15 is 0 Å². The van der Waals surface area contributed by atoms with Crippen molar-refractivity contribution in [3.05, 3.63) is 59.5 Å². The van der Waals surface area contributed by atoms with E-state index in [4.69, 9.17) is 10.00 Å².